The highest BCUT2D eigenvalue weighted by atomic mass is 16.5. The molecule has 0 radical (unpaired) electrons. The average molecular weight is 433 g/mol. The Morgan fingerprint density at radius 2 is 1.69 bits per heavy atom. The molecule has 32 heavy (non-hydrogen) atoms. The second kappa shape index (κ2) is 10.5. The van der Waals surface area contributed by atoms with Crippen LogP contribution in [0.1, 0.15) is 11.1 Å². The summed E-state index contributed by atoms with van der Waals surface area (Å²) in [5, 5.41) is 7.55. The van der Waals surface area contributed by atoms with Gasteiger partial charge in [-0.3, -0.25) is 0 Å². The maximum atomic E-state index is 5.41. The molecule has 4 rings (SSSR count). The number of rotatable bonds is 8. The molecule has 0 unspecified atom stereocenters. The van der Waals surface area contributed by atoms with Crippen molar-refractivity contribution in [1.29, 1.82) is 0 Å². The maximum Gasteiger partial charge on any atom is 0.250 e. The summed E-state index contributed by atoms with van der Waals surface area (Å²) in [5.41, 5.74) is 6.24. The van der Waals surface area contributed by atoms with Crippen LogP contribution in [0.15, 0.2) is 59.7 Å². The molecule has 2 N–H and O–H groups in total. The van der Waals surface area contributed by atoms with Crippen LogP contribution < -0.4 is 20.5 Å². The van der Waals surface area contributed by atoms with Crippen LogP contribution in [0.4, 0.5) is 23.5 Å². The molecule has 0 bridgehead atoms. The molecule has 9 nitrogen and oxygen atoms in total. The molecule has 0 saturated carbocycles. The molecule has 2 heterocycles. The average Bonchev–Trinajstić information content (AvgIpc) is 2.84. The topological polar surface area (TPSA) is 90.8 Å². The molecule has 3 aromatic rings. The standard InChI is InChI=1S/C23H28N8O/c1-30(2)23-27-21(24-16-18-6-4-3-5-7-18)26-22(28-23)29-25-17-19-8-10-20(11-9-19)31-12-14-32-15-13-31/h3-11,17H,12-16H2,1-2H3,(H2,24,26,27,28,29)/b25-17+. The van der Waals surface area contributed by atoms with E-state index in [1.807, 2.05) is 49.3 Å². The Balaban J connectivity index is 1.40. The molecule has 2 aromatic carbocycles. The summed E-state index contributed by atoms with van der Waals surface area (Å²) in [6, 6.07) is 18.4. The van der Waals surface area contributed by atoms with E-state index >= 15 is 0 Å². The Kier molecular flexibility index (Phi) is 7.08. The van der Waals surface area contributed by atoms with Gasteiger partial charge in [0.05, 0.1) is 19.4 Å². The fourth-order valence-electron chi connectivity index (χ4n) is 3.23. The molecule has 166 valence electrons. The van der Waals surface area contributed by atoms with Crippen molar-refractivity contribution in [1.82, 2.24) is 15.0 Å². The predicted molar refractivity (Wildman–Crippen MR) is 129 cm³/mol. The Hall–Kier alpha value is -3.72. The van der Waals surface area contributed by atoms with Gasteiger partial charge in [0.2, 0.25) is 17.8 Å². The lowest BCUT2D eigenvalue weighted by atomic mass is 10.2. The number of benzene rings is 2. The van der Waals surface area contributed by atoms with Gasteiger partial charge < -0.3 is 19.9 Å². The molecule has 0 aliphatic carbocycles. The lowest BCUT2D eigenvalue weighted by molar-refractivity contribution is 0.122. The SMILES string of the molecule is CN(C)c1nc(NCc2ccccc2)nc(N/N=C/c2ccc(N3CCOCC3)cc2)n1. The van der Waals surface area contributed by atoms with Gasteiger partial charge in [0, 0.05) is 39.4 Å². The number of hydrogen-bond donors (Lipinski definition) is 2. The fraction of sp³-hybridized carbons (Fsp3) is 0.304. The predicted octanol–water partition coefficient (Wildman–Crippen LogP) is 2.83. The molecule has 0 atom stereocenters. The number of ether oxygens (including phenoxy) is 1. The number of aromatic nitrogens is 3. The Bertz CT molecular complexity index is 1020. The van der Waals surface area contributed by atoms with Crippen LogP contribution in [0.5, 0.6) is 0 Å². The van der Waals surface area contributed by atoms with Crippen molar-refractivity contribution in [2.75, 3.05) is 60.9 Å². The normalized spacial score (nSPS) is 13.9. The van der Waals surface area contributed by atoms with Crippen molar-refractivity contribution >= 4 is 29.7 Å². The first kappa shape index (κ1) is 21.5. The number of hydrogen-bond acceptors (Lipinski definition) is 9. The monoisotopic (exact) mass is 432 g/mol. The lowest BCUT2D eigenvalue weighted by Gasteiger charge is -2.28. The molecule has 1 aliphatic heterocycles. The van der Waals surface area contributed by atoms with Gasteiger partial charge in [0.1, 0.15) is 0 Å². The molecule has 1 saturated heterocycles. The van der Waals surface area contributed by atoms with Crippen molar-refractivity contribution in [3.05, 3.63) is 65.7 Å². The van der Waals surface area contributed by atoms with Gasteiger partial charge in [0.15, 0.2) is 0 Å². The third-order valence-electron chi connectivity index (χ3n) is 4.96. The van der Waals surface area contributed by atoms with E-state index in [0.717, 1.165) is 37.4 Å². The van der Waals surface area contributed by atoms with Crippen LogP contribution in [0.3, 0.4) is 0 Å². The van der Waals surface area contributed by atoms with Crippen LogP contribution in [-0.4, -0.2) is 61.6 Å². The van der Waals surface area contributed by atoms with E-state index < -0.39 is 0 Å². The van der Waals surface area contributed by atoms with E-state index in [2.05, 4.69) is 60.0 Å². The van der Waals surface area contributed by atoms with E-state index in [-0.39, 0.29) is 0 Å². The number of nitrogens with zero attached hydrogens (tertiary/aromatic N) is 6. The van der Waals surface area contributed by atoms with Gasteiger partial charge in [0.25, 0.3) is 0 Å². The summed E-state index contributed by atoms with van der Waals surface area (Å²) in [4.78, 5) is 17.5. The zero-order chi connectivity index (χ0) is 22.2. The second-order valence-electron chi connectivity index (χ2n) is 7.58. The number of morpholine rings is 1. The van der Waals surface area contributed by atoms with Crippen LogP contribution in [0.2, 0.25) is 0 Å². The second-order valence-corrected chi connectivity index (χ2v) is 7.58. The minimum atomic E-state index is 0.375. The van der Waals surface area contributed by atoms with E-state index in [1.54, 1.807) is 6.21 Å². The van der Waals surface area contributed by atoms with Gasteiger partial charge in [-0.1, -0.05) is 42.5 Å². The van der Waals surface area contributed by atoms with Crippen molar-refractivity contribution in [2.24, 2.45) is 5.10 Å². The molecule has 1 aliphatic rings. The van der Waals surface area contributed by atoms with Gasteiger partial charge in [-0.05, 0) is 23.3 Å². The van der Waals surface area contributed by atoms with Gasteiger partial charge in [-0.25, -0.2) is 5.43 Å². The summed E-state index contributed by atoms with van der Waals surface area (Å²) in [5.74, 6) is 1.41. The van der Waals surface area contributed by atoms with Crippen LogP contribution in [-0.2, 0) is 11.3 Å². The smallest absolute Gasteiger partial charge is 0.250 e. The highest BCUT2D eigenvalue weighted by Gasteiger charge is 2.11. The van der Waals surface area contributed by atoms with Gasteiger partial charge in [-0.15, -0.1) is 0 Å². The quantitative estimate of drug-likeness (QED) is 0.415. The van der Waals surface area contributed by atoms with Crippen molar-refractivity contribution < 1.29 is 4.74 Å². The van der Waals surface area contributed by atoms with E-state index in [4.69, 9.17) is 4.74 Å². The summed E-state index contributed by atoms with van der Waals surface area (Å²) in [7, 11) is 3.78. The number of anilines is 4. The summed E-state index contributed by atoms with van der Waals surface area (Å²) in [6.45, 7) is 4.01. The summed E-state index contributed by atoms with van der Waals surface area (Å²) >= 11 is 0. The summed E-state index contributed by atoms with van der Waals surface area (Å²) < 4.78 is 5.41. The first-order valence-corrected chi connectivity index (χ1v) is 10.6. The van der Waals surface area contributed by atoms with Crippen LogP contribution in [0, 0.1) is 0 Å². The molecular weight excluding hydrogens is 404 g/mol. The van der Waals surface area contributed by atoms with Crippen molar-refractivity contribution in [3.63, 3.8) is 0 Å². The van der Waals surface area contributed by atoms with Crippen LogP contribution >= 0.6 is 0 Å². The third kappa shape index (κ3) is 5.92. The third-order valence-corrected chi connectivity index (χ3v) is 4.96. The highest BCUT2D eigenvalue weighted by molar-refractivity contribution is 5.80. The largest absolute Gasteiger partial charge is 0.378 e. The number of nitrogens with one attached hydrogen (secondary N) is 2. The Morgan fingerprint density at radius 1 is 0.969 bits per heavy atom. The first-order chi connectivity index (χ1) is 15.7. The van der Waals surface area contributed by atoms with E-state index in [0.29, 0.717) is 24.4 Å². The highest BCUT2D eigenvalue weighted by Crippen LogP contribution is 2.16. The van der Waals surface area contributed by atoms with Crippen LogP contribution in [0.25, 0.3) is 0 Å². The number of hydrazone groups is 1. The Labute approximate surface area is 188 Å². The molecule has 1 aromatic heterocycles. The fourth-order valence-corrected chi connectivity index (χ4v) is 3.23. The molecule has 1 fully saturated rings. The first-order valence-electron chi connectivity index (χ1n) is 10.6. The maximum absolute atomic E-state index is 5.41. The zero-order valence-corrected chi connectivity index (χ0v) is 18.4. The van der Waals surface area contributed by atoms with Crippen molar-refractivity contribution in [2.45, 2.75) is 6.54 Å². The molecular formula is C23H28N8O. The lowest BCUT2D eigenvalue weighted by Crippen LogP contribution is -2.36. The van der Waals surface area contributed by atoms with Gasteiger partial charge in [-0.2, -0.15) is 20.1 Å². The summed E-state index contributed by atoms with van der Waals surface area (Å²) in [6.07, 6.45) is 1.75. The Morgan fingerprint density at radius 3 is 2.41 bits per heavy atom. The van der Waals surface area contributed by atoms with Crippen molar-refractivity contribution in [3.8, 4) is 0 Å². The van der Waals surface area contributed by atoms with E-state index in [9.17, 15) is 0 Å². The molecule has 0 amide bonds. The van der Waals surface area contributed by atoms with Gasteiger partial charge >= 0.3 is 0 Å². The molecule has 9 heteroatoms. The molecule has 0 spiro atoms. The minimum Gasteiger partial charge on any atom is -0.378 e. The van der Waals surface area contributed by atoms with E-state index in [1.165, 1.54) is 5.69 Å². The zero-order valence-electron chi connectivity index (χ0n) is 18.4. The minimum absolute atomic E-state index is 0.375.